The van der Waals surface area contributed by atoms with E-state index in [9.17, 15) is 17.6 Å². The second-order valence-corrected chi connectivity index (χ2v) is 4.37. The highest BCUT2D eigenvalue weighted by molar-refractivity contribution is 6.33. The fourth-order valence-electron chi connectivity index (χ4n) is 1.49. The summed E-state index contributed by atoms with van der Waals surface area (Å²) in [6.45, 7) is -1.35. The Balaban J connectivity index is 2.38. The Morgan fingerprint density at radius 3 is 2.65 bits per heavy atom. The van der Waals surface area contributed by atoms with Crippen LogP contribution in [0.15, 0.2) is 18.2 Å². The van der Waals surface area contributed by atoms with Gasteiger partial charge in [-0.3, -0.25) is 0 Å². The molecule has 0 aliphatic carbocycles. The maximum Gasteiger partial charge on any atom is 0.326 e. The molecule has 1 heterocycles. The van der Waals surface area contributed by atoms with Gasteiger partial charge in [-0.1, -0.05) is 11.6 Å². The van der Waals surface area contributed by atoms with Crippen LogP contribution in [0.3, 0.4) is 0 Å². The lowest BCUT2D eigenvalue weighted by Gasteiger charge is -2.15. The van der Waals surface area contributed by atoms with Gasteiger partial charge in [-0.15, -0.1) is 5.10 Å². The number of rotatable bonds is 4. The minimum atomic E-state index is -4.25. The number of nitrogens with zero attached hydrogens (tertiary/aromatic N) is 4. The van der Waals surface area contributed by atoms with Gasteiger partial charge in [-0.05, 0) is 28.6 Å². The maximum absolute atomic E-state index is 13.1. The first-order chi connectivity index (χ1) is 9.31. The van der Waals surface area contributed by atoms with Gasteiger partial charge in [0.2, 0.25) is 0 Å². The highest BCUT2D eigenvalue weighted by Gasteiger charge is 2.42. The van der Waals surface area contributed by atoms with Crippen molar-refractivity contribution in [2.24, 2.45) is 0 Å². The summed E-state index contributed by atoms with van der Waals surface area (Å²) < 4.78 is 51.1. The number of alkyl halides is 4. The Morgan fingerprint density at radius 1 is 1.35 bits per heavy atom. The van der Waals surface area contributed by atoms with Crippen LogP contribution in [0.2, 0.25) is 5.02 Å². The highest BCUT2D eigenvalue weighted by atomic mass is 35.5. The Kier molecular flexibility index (Phi) is 3.80. The largest absolute Gasteiger partial charge is 0.399 e. The highest BCUT2D eigenvalue weighted by Crippen LogP contribution is 2.30. The first-order valence-electron chi connectivity index (χ1n) is 5.29. The zero-order chi connectivity index (χ0) is 14.9. The van der Waals surface area contributed by atoms with E-state index in [0.717, 1.165) is 0 Å². The SMILES string of the molecule is Nc1ccc(-c2nnnn2CC(F)(F)C(F)F)c(Cl)c1. The molecule has 0 aliphatic rings. The predicted molar refractivity (Wildman–Crippen MR) is 63.6 cm³/mol. The van der Waals surface area contributed by atoms with E-state index < -0.39 is 18.9 Å². The van der Waals surface area contributed by atoms with Gasteiger partial charge in [0.05, 0.1) is 5.02 Å². The zero-order valence-electron chi connectivity index (χ0n) is 9.77. The average Bonchev–Trinajstić information content (AvgIpc) is 2.76. The molecular formula is C10H8ClF4N5. The van der Waals surface area contributed by atoms with Crippen molar-refractivity contribution in [2.75, 3.05) is 5.73 Å². The molecule has 108 valence electrons. The molecule has 0 unspecified atom stereocenters. The van der Waals surface area contributed by atoms with Gasteiger partial charge >= 0.3 is 12.3 Å². The molecule has 0 saturated carbocycles. The van der Waals surface area contributed by atoms with Crippen LogP contribution in [0, 0.1) is 0 Å². The van der Waals surface area contributed by atoms with Crippen molar-refractivity contribution in [3.8, 4) is 11.4 Å². The Labute approximate surface area is 115 Å². The Hall–Kier alpha value is -1.90. The van der Waals surface area contributed by atoms with Crippen LogP contribution in [0.1, 0.15) is 0 Å². The third kappa shape index (κ3) is 2.82. The lowest BCUT2D eigenvalue weighted by Crippen LogP contribution is -2.32. The van der Waals surface area contributed by atoms with E-state index in [2.05, 4.69) is 15.5 Å². The van der Waals surface area contributed by atoms with Crippen molar-refractivity contribution in [2.45, 2.75) is 18.9 Å². The normalized spacial score (nSPS) is 12.1. The number of benzene rings is 1. The van der Waals surface area contributed by atoms with Gasteiger partial charge in [-0.2, -0.15) is 8.78 Å². The van der Waals surface area contributed by atoms with E-state index in [1.165, 1.54) is 18.2 Å². The van der Waals surface area contributed by atoms with E-state index in [1.807, 2.05) is 0 Å². The first kappa shape index (κ1) is 14.5. The molecule has 0 bridgehead atoms. The molecule has 0 aliphatic heterocycles. The zero-order valence-corrected chi connectivity index (χ0v) is 10.5. The molecule has 0 radical (unpaired) electrons. The van der Waals surface area contributed by atoms with Crippen LogP contribution in [-0.4, -0.2) is 32.6 Å². The van der Waals surface area contributed by atoms with Crippen molar-refractivity contribution < 1.29 is 17.6 Å². The number of nitrogen functional groups attached to an aromatic ring is 1. The van der Waals surface area contributed by atoms with E-state index >= 15 is 0 Å². The summed E-state index contributed by atoms with van der Waals surface area (Å²) in [5.41, 5.74) is 6.07. The maximum atomic E-state index is 13.1. The van der Waals surface area contributed by atoms with Gasteiger partial charge in [0.15, 0.2) is 5.82 Å². The van der Waals surface area contributed by atoms with Crippen molar-refractivity contribution >= 4 is 17.3 Å². The predicted octanol–water partition coefficient (Wildman–Crippen LogP) is 2.48. The summed E-state index contributed by atoms with van der Waals surface area (Å²) in [6, 6.07) is 4.26. The van der Waals surface area contributed by atoms with Crippen molar-refractivity contribution in [3.63, 3.8) is 0 Å². The van der Waals surface area contributed by atoms with Gasteiger partial charge in [-0.25, -0.2) is 13.5 Å². The molecule has 0 atom stereocenters. The van der Waals surface area contributed by atoms with Gasteiger partial charge in [0.1, 0.15) is 6.54 Å². The van der Waals surface area contributed by atoms with Gasteiger partial charge < -0.3 is 5.73 Å². The lowest BCUT2D eigenvalue weighted by molar-refractivity contribution is -0.139. The third-order valence-corrected chi connectivity index (χ3v) is 2.76. The summed E-state index contributed by atoms with van der Waals surface area (Å²) in [4.78, 5) is 0. The first-order valence-corrected chi connectivity index (χ1v) is 5.66. The van der Waals surface area contributed by atoms with Crippen molar-refractivity contribution in [1.82, 2.24) is 20.2 Å². The molecule has 20 heavy (non-hydrogen) atoms. The second kappa shape index (κ2) is 5.23. The molecule has 0 amide bonds. The number of halogens is 5. The molecule has 5 nitrogen and oxygen atoms in total. The van der Waals surface area contributed by atoms with E-state index in [4.69, 9.17) is 17.3 Å². The van der Waals surface area contributed by atoms with Crippen LogP contribution < -0.4 is 5.73 Å². The van der Waals surface area contributed by atoms with Crippen LogP contribution in [-0.2, 0) is 6.54 Å². The molecule has 1 aromatic heterocycles. The lowest BCUT2D eigenvalue weighted by atomic mass is 10.2. The smallest absolute Gasteiger partial charge is 0.326 e. The molecule has 0 spiro atoms. The number of nitrogens with two attached hydrogens (primary N) is 1. The van der Waals surface area contributed by atoms with Gasteiger partial charge in [0.25, 0.3) is 0 Å². The summed E-state index contributed by atoms with van der Waals surface area (Å²) in [7, 11) is 0. The fourth-order valence-corrected chi connectivity index (χ4v) is 1.76. The average molecular weight is 310 g/mol. The monoisotopic (exact) mass is 309 g/mol. The van der Waals surface area contributed by atoms with Crippen LogP contribution >= 0.6 is 11.6 Å². The topological polar surface area (TPSA) is 69.6 Å². The molecule has 10 heteroatoms. The Bertz CT molecular complexity index is 615. The Morgan fingerprint density at radius 2 is 2.05 bits per heavy atom. The molecular weight excluding hydrogens is 302 g/mol. The standard InChI is InChI=1S/C10H8ClF4N5/c11-7-3-5(16)1-2-6(7)8-17-18-19-20(8)4-10(14,15)9(12)13/h1-3,9H,4,16H2. The number of hydrogen-bond donors (Lipinski definition) is 1. The van der Waals surface area contributed by atoms with Gasteiger partial charge in [0, 0.05) is 11.3 Å². The second-order valence-electron chi connectivity index (χ2n) is 3.96. The number of hydrogen-bond acceptors (Lipinski definition) is 4. The van der Waals surface area contributed by atoms with Crippen molar-refractivity contribution in [3.05, 3.63) is 23.2 Å². The fraction of sp³-hybridized carbons (Fsp3) is 0.300. The minimum Gasteiger partial charge on any atom is -0.399 e. The van der Waals surface area contributed by atoms with Crippen molar-refractivity contribution in [1.29, 1.82) is 0 Å². The quantitative estimate of drug-likeness (QED) is 0.696. The molecule has 0 fully saturated rings. The van der Waals surface area contributed by atoms with E-state index in [0.29, 0.717) is 10.4 Å². The number of anilines is 1. The molecule has 2 aromatic rings. The summed E-state index contributed by atoms with van der Waals surface area (Å²) in [5.74, 6) is -4.39. The molecule has 1 aromatic carbocycles. The van der Waals surface area contributed by atoms with Crippen LogP contribution in [0.5, 0.6) is 0 Å². The summed E-state index contributed by atoms with van der Waals surface area (Å²) in [6.07, 6.45) is -3.82. The summed E-state index contributed by atoms with van der Waals surface area (Å²) >= 11 is 5.90. The summed E-state index contributed by atoms with van der Waals surface area (Å²) in [5, 5.41) is 10.1. The minimum absolute atomic E-state index is 0.126. The van der Waals surface area contributed by atoms with Crippen LogP contribution in [0.25, 0.3) is 11.4 Å². The molecule has 0 saturated heterocycles. The van der Waals surface area contributed by atoms with Crippen LogP contribution in [0.4, 0.5) is 23.2 Å². The van der Waals surface area contributed by atoms with E-state index in [1.54, 1.807) is 0 Å². The number of tetrazole rings is 1. The molecule has 2 rings (SSSR count). The van der Waals surface area contributed by atoms with E-state index in [-0.39, 0.29) is 16.4 Å². The number of aromatic nitrogens is 4. The third-order valence-electron chi connectivity index (χ3n) is 2.45. The molecule has 2 N–H and O–H groups in total.